The lowest BCUT2D eigenvalue weighted by Crippen LogP contribution is -2.46. The molecule has 1 amide bonds. The molecule has 28 heavy (non-hydrogen) atoms. The predicted octanol–water partition coefficient (Wildman–Crippen LogP) is 4.28. The number of amides is 1. The third kappa shape index (κ3) is 3.66. The van der Waals surface area contributed by atoms with Crippen molar-refractivity contribution in [1.82, 2.24) is 10.2 Å². The monoisotopic (exact) mass is 415 g/mol. The quantitative estimate of drug-likeness (QED) is 0.610. The maximum Gasteiger partial charge on any atom is 0.211 e. The minimum absolute atomic E-state index is 0.448. The second kappa shape index (κ2) is 8.12. The minimum Gasteiger partial charge on any atom is -0.368 e. The number of halogens is 2. The zero-order valence-electron chi connectivity index (χ0n) is 15.0. The van der Waals surface area contributed by atoms with E-state index in [9.17, 15) is 4.79 Å². The average Bonchev–Trinajstić information content (AvgIpc) is 3.15. The van der Waals surface area contributed by atoms with Gasteiger partial charge < -0.3 is 15.1 Å². The van der Waals surface area contributed by atoms with Crippen LogP contribution in [0.15, 0.2) is 48.5 Å². The molecule has 1 aliphatic rings. The summed E-state index contributed by atoms with van der Waals surface area (Å²) in [5, 5.41) is 11.2. The number of hydrogen-bond acceptors (Lipinski definition) is 4. The first-order valence-electron chi connectivity index (χ1n) is 8.96. The molecule has 2 heterocycles. The lowest BCUT2D eigenvalue weighted by Gasteiger charge is -2.36. The van der Waals surface area contributed by atoms with Gasteiger partial charge in [-0.1, -0.05) is 47.5 Å². The Labute approximate surface area is 173 Å². The van der Waals surface area contributed by atoms with Crippen LogP contribution < -0.4 is 15.1 Å². The smallest absolute Gasteiger partial charge is 0.211 e. The van der Waals surface area contributed by atoms with Crippen molar-refractivity contribution >= 4 is 46.8 Å². The number of nitrogens with zero attached hydrogens (tertiary/aromatic N) is 3. The van der Waals surface area contributed by atoms with Crippen molar-refractivity contribution in [2.75, 3.05) is 41.3 Å². The summed E-state index contributed by atoms with van der Waals surface area (Å²) in [5.41, 5.74) is 3.36. The highest BCUT2D eigenvalue weighted by Crippen LogP contribution is 2.36. The van der Waals surface area contributed by atoms with Crippen molar-refractivity contribution in [2.45, 2.75) is 0 Å². The molecule has 1 aliphatic heterocycles. The molecule has 0 aliphatic carbocycles. The van der Waals surface area contributed by atoms with Crippen LogP contribution in [-0.4, -0.2) is 42.8 Å². The number of carbonyl (C=O) groups is 1. The van der Waals surface area contributed by atoms with E-state index >= 15 is 0 Å². The molecule has 144 valence electrons. The molecular weight excluding hydrogens is 397 g/mol. The SMILES string of the molecule is O=CNc1c(N2CCN(c3ccccc3)CC2)n[nH]c1-c1ccc(Cl)c(Cl)c1. The van der Waals surface area contributed by atoms with E-state index in [1.807, 2.05) is 24.3 Å². The molecule has 2 aromatic carbocycles. The van der Waals surface area contributed by atoms with Crippen molar-refractivity contribution in [3.8, 4) is 11.3 Å². The fraction of sp³-hybridized carbons (Fsp3) is 0.200. The first-order chi connectivity index (χ1) is 13.7. The van der Waals surface area contributed by atoms with Gasteiger partial charge in [0.1, 0.15) is 5.69 Å². The maximum atomic E-state index is 11.2. The Bertz CT molecular complexity index is 968. The summed E-state index contributed by atoms with van der Waals surface area (Å²) in [6, 6.07) is 15.7. The Hall–Kier alpha value is -2.70. The average molecular weight is 416 g/mol. The number of carbonyl (C=O) groups excluding carboxylic acids is 1. The van der Waals surface area contributed by atoms with Gasteiger partial charge in [0.05, 0.1) is 15.7 Å². The van der Waals surface area contributed by atoms with Crippen molar-refractivity contribution < 1.29 is 4.79 Å². The fourth-order valence-electron chi connectivity index (χ4n) is 3.43. The lowest BCUT2D eigenvalue weighted by atomic mass is 10.1. The predicted molar refractivity (Wildman–Crippen MR) is 115 cm³/mol. The number of H-pyrrole nitrogens is 1. The Balaban J connectivity index is 1.58. The van der Waals surface area contributed by atoms with Gasteiger partial charge >= 0.3 is 0 Å². The van der Waals surface area contributed by atoms with Crippen LogP contribution in [0.4, 0.5) is 17.2 Å². The number of aromatic nitrogens is 2. The van der Waals surface area contributed by atoms with Crippen molar-refractivity contribution in [3.05, 3.63) is 58.6 Å². The molecule has 3 aromatic rings. The number of aromatic amines is 1. The summed E-state index contributed by atoms with van der Waals surface area (Å²) in [6.07, 6.45) is 0.662. The van der Waals surface area contributed by atoms with Gasteiger partial charge in [0.15, 0.2) is 5.82 Å². The lowest BCUT2D eigenvalue weighted by molar-refractivity contribution is -0.105. The Morgan fingerprint density at radius 2 is 1.68 bits per heavy atom. The number of anilines is 3. The molecule has 0 radical (unpaired) electrons. The van der Waals surface area contributed by atoms with E-state index in [2.05, 4.69) is 37.4 Å². The van der Waals surface area contributed by atoms with Crippen LogP contribution in [0.1, 0.15) is 0 Å². The third-order valence-electron chi connectivity index (χ3n) is 4.86. The van der Waals surface area contributed by atoms with Crippen molar-refractivity contribution in [3.63, 3.8) is 0 Å². The van der Waals surface area contributed by atoms with Crippen LogP contribution in [0, 0.1) is 0 Å². The number of benzene rings is 2. The van der Waals surface area contributed by atoms with Crippen LogP contribution >= 0.6 is 23.2 Å². The zero-order valence-corrected chi connectivity index (χ0v) is 16.5. The molecule has 6 nitrogen and oxygen atoms in total. The summed E-state index contributed by atoms with van der Waals surface area (Å²) in [6.45, 7) is 3.35. The van der Waals surface area contributed by atoms with Gasteiger partial charge in [0.2, 0.25) is 6.41 Å². The van der Waals surface area contributed by atoms with E-state index in [0.717, 1.165) is 37.6 Å². The fourth-order valence-corrected chi connectivity index (χ4v) is 3.73. The standard InChI is InChI=1S/C20H19Cl2N5O/c21-16-7-6-14(12-17(16)22)18-19(23-13-28)20(25-24-18)27-10-8-26(9-11-27)15-4-2-1-3-5-15/h1-7,12-13H,8-11H2,(H,23,28)(H,24,25). The van der Waals surface area contributed by atoms with Crippen LogP contribution in [0.5, 0.6) is 0 Å². The Kier molecular flexibility index (Phi) is 5.41. The van der Waals surface area contributed by atoms with Crippen LogP contribution in [-0.2, 0) is 4.79 Å². The minimum atomic E-state index is 0.448. The topological polar surface area (TPSA) is 64.3 Å². The van der Waals surface area contributed by atoms with E-state index in [-0.39, 0.29) is 0 Å². The van der Waals surface area contributed by atoms with Gasteiger partial charge in [-0.05, 0) is 24.3 Å². The Morgan fingerprint density at radius 1 is 0.964 bits per heavy atom. The summed E-state index contributed by atoms with van der Waals surface area (Å²) in [7, 11) is 0. The van der Waals surface area contributed by atoms with Gasteiger partial charge in [-0.25, -0.2) is 0 Å². The molecular formula is C20H19Cl2N5O. The molecule has 0 atom stereocenters. The molecule has 1 saturated heterocycles. The van der Waals surface area contributed by atoms with Crippen LogP contribution in [0.2, 0.25) is 10.0 Å². The summed E-state index contributed by atoms with van der Waals surface area (Å²) < 4.78 is 0. The molecule has 1 fully saturated rings. The third-order valence-corrected chi connectivity index (χ3v) is 5.60. The number of rotatable bonds is 5. The molecule has 0 bridgehead atoms. The highest BCUT2D eigenvalue weighted by Gasteiger charge is 2.24. The molecule has 1 aromatic heterocycles. The first-order valence-corrected chi connectivity index (χ1v) is 9.72. The maximum absolute atomic E-state index is 11.2. The number of hydrogen-bond donors (Lipinski definition) is 2. The number of para-hydroxylation sites is 1. The summed E-state index contributed by atoms with van der Waals surface area (Å²) in [5.74, 6) is 0.723. The molecule has 0 unspecified atom stereocenters. The molecule has 0 saturated carbocycles. The van der Waals surface area contributed by atoms with E-state index in [4.69, 9.17) is 23.2 Å². The van der Waals surface area contributed by atoms with Gasteiger partial charge in [-0.15, -0.1) is 0 Å². The second-order valence-corrected chi connectivity index (χ2v) is 7.31. The zero-order chi connectivity index (χ0) is 19.5. The second-order valence-electron chi connectivity index (χ2n) is 6.50. The van der Waals surface area contributed by atoms with Gasteiger partial charge in [-0.2, -0.15) is 5.10 Å². The largest absolute Gasteiger partial charge is 0.368 e. The molecule has 2 N–H and O–H groups in total. The van der Waals surface area contributed by atoms with Gasteiger partial charge in [0.25, 0.3) is 0 Å². The van der Waals surface area contributed by atoms with E-state index in [1.165, 1.54) is 5.69 Å². The molecule has 4 rings (SSSR count). The summed E-state index contributed by atoms with van der Waals surface area (Å²) >= 11 is 12.2. The van der Waals surface area contributed by atoms with Gasteiger partial charge in [0, 0.05) is 37.4 Å². The van der Waals surface area contributed by atoms with Gasteiger partial charge in [-0.3, -0.25) is 9.89 Å². The normalized spacial score (nSPS) is 14.2. The van der Waals surface area contributed by atoms with Crippen molar-refractivity contribution in [2.24, 2.45) is 0 Å². The van der Waals surface area contributed by atoms with E-state index in [0.29, 0.717) is 27.8 Å². The Morgan fingerprint density at radius 3 is 2.36 bits per heavy atom. The highest BCUT2D eigenvalue weighted by molar-refractivity contribution is 6.42. The van der Waals surface area contributed by atoms with Crippen molar-refractivity contribution in [1.29, 1.82) is 0 Å². The summed E-state index contributed by atoms with van der Waals surface area (Å²) in [4.78, 5) is 15.7. The highest BCUT2D eigenvalue weighted by atomic mass is 35.5. The van der Waals surface area contributed by atoms with E-state index < -0.39 is 0 Å². The van der Waals surface area contributed by atoms with Crippen LogP contribution in [0.25, 0.3) is 11.3 Å². The van der Waals surface area contributed by atoms with E-state index in [1.54, 1.807) is 12.1 Å². The number of nitrogens with one attached hydrogen (secondary N) is 2. The number of piperazine rings is 1. The first kappa shape index (κ1) is 18.7. The molecule has 8 heteroatoms. The molecule has 0 spiro atoms. The van der Waals surface area contributed by atoms with Crippen LogP contribution in [0.3, 0.4) is 0 Å².